The van der Waals surface area contributed by atoms with Crippen LogP contribution < -0.4 is 0 Å². The molecule has 0 radical (unpaired) electrons. The first kappa shape index (κ1) is 15.0. The van der Waals surface area contributed by atoms with Gasteiger partial charge in [0.15, 0.2) is 5.78 Å². The first-order chi connectivity index (χ1) is 9.47. The minimum Gasteiger partial charge on any atom is -0.292 e. The Kier molecular flexibility index (Phi) is 4.42. The van der Waals surface area contributed by atoms with Gasteiger partial charge in [0.25, 0.3) is 0 Å². The summed E-state index contributed by atoms with van der Waals surface area (Å²) in [5, 5.41) is 8.74. The fraction of sp³-hybridized carbons (Fsp3) is 0.500. The summed E-state index contributed by atoms with van der Waals surface area (Å²) in [6, 6.07) is 1.82. The second-order valence-electron chi connectivity index (χ2n) is 4.77. The smallest absolute Gasteiger partial charge is 0.186 e. The minimum atomic E-state index is 0.0612. The van der Waals surface area contributed by atoms with Crippen molar-refractivity contribution in [2.45, 2.75) is 40.2 Å². The highest BCUT2D eigenvalue weighted by atomic mass is 79.9. The van der Waals surface area contributed by atoms with Crippen molar-refractivity contribution < 1.29 is 4.79 Å². The number of rotatable bonds is 5. The molecule has 0 aliphatic rings. The van der Waals surface area contributed by atoms with Crippen molar-refractivity contribution in [2.75, 3.05) is 0 Å². The summed E-state index contributed by atoms with van der Waals surface area (Å²) in [6.07, 6.45) is 1.18. The van der Waals surface area contributed by atoms with Crippen LogP contribution in [0.3, 0.4) is 0 Å². The van der Waals surface area contributed by atoms with Crippen LogP contribution in [0.2, 0.25) is 0 Å². The van der Waals surface area contributed by atoms with Gasteiger partial charge in [0.2, 0.25) is 0 Å². The van der Waals surface area contributed by atoms with E-state index in [1.165, 1.54) is 0 Å². The predicted molar refractivity (Wildman–Crippen MR) is 81.0 cm³/mol. The molecule has 0 atom stereocenters. The Morgan fingerprint density at radius 3 is 2.55 bits per heavy atom. The second-order valence-corrected chi connectivity index (χ2v) is 5.56. The molecule has 0 aliphatic heterocycles. The van der Waals surface area contributed by atoms with Gasteiger partial charge in [-0.1, -0.05) is 6.92 Å². The van der Waals surface area contributed by atoms with Crippen LogP contribution in [-0.2, 0) is 26.4 Å². The monoisotopic (exact) mass is 338 g/mol. The summed E-state index contributed by atoms with van der Waals surface area (Å²) in [4.78, 5) is 12.4. The van der Waals surface area contributed by atoms with Gasteiger partial charge in [-0.3, -0.25) is 14.2 Å². The lowest BCUT2D eigenvalue weighted by Crippen LogP contribution is -2.13. The molecule has 0 spiro atoms. The molecule has 0 fully saturated rings. The minimum absolute atomic E-state index is 0.0612. The fourth-order valence-electron chi connectivity index (χ4n) is 2.30. The first-order valence-corrected chi connectivity index (χ1v) is 7.55. The fourth-order valence-corrected chi connectivity index (χ4v) is 3.00. The molecule has 5 nitrogen and oxygen atoms in total. The largest absolute Gasteiger partial charge is 0.292 e. The Balaban J connectivity index is 2.32. The van der Waals surface area contributed by atoms with E-state index < -0.39 is 0 Å². The number of Topliss-reactive ketones (excluding diaryl/α,β-unsaturated/α-hetero) is 1. The average molecular weight is 339 g/mol. The molecule has 2 rings (SSSR count). The van der Waals surface area contributed by atoms with E-state index in [0.29, 0.717) is 12.1 Å². The lowest BCUT2D eigenvalue weighted by atomic mass is 10.1. The molecule has 108 valence electrons. The van der Waals surface area contributed by atoms with Gasteiger partial charge in [-0.25, -0.2) is 0 Å². The number of carbonyl (C=O) groups excluding carboxylic acids is 1. The molecular weight excluding hydrogens is 320 g/mol. The molecular formula is C14H19BrN4O. The first-order valence-electron chi connectivity index (χ1n) is 6.75. The van der Waals surface area contributed by atoms with Gasteiger partial charge < -0.3 is 0 Å². The lowest BCUT2D eigenvalue weighted by molar-refractivity contribution is 0.0981. The number of hydrogen-bond acceptors (Lipinski definition) is 3. The van der Waals surface area contributed by atoms with Crippen LogP contribution in [0.5, 0.6) is 0 Å². The number of hydrogen-bond donors (Lipinski definition) is 0. The van der Waals surface area contributed by atoms with Crippen molar-refractivity contribution in [1.29, 1.82) is 0 Å². The van der Waals surface area contributed by atoms with E-state index in [-0.39, 0.29) is 5.78 Å². The maximum atomic E-state index is 12.4. The highest BCUT2D eigenvalue weighted by Gasteiger charge is 2.19. The van der Waals surface area contributed by atoms with Gasteiger partial charge in [0.1, 0.15) is 5.69 Å². The topological polar surface area (TPSA) is 52.7 Å². The Labute approximate surface area is 127 Å². The zero-order valence-corrected chi connectivity index (χ0v) is 13.9. The Morgan fingerprint density at radius 2 is 2.05 bits per heavy atom. The van der Waals surface area contributed by atoms with Crippen molar-refractivity contribution >= 4 is 21.7 Å². The summed E-state index contributed by atoms with van der Waals surface area (Å²) in [5.74, 6) is 0.0612. The number of aromatic nitrogens is 4. The van der Waals surface area contributed by atoms with Crippen LogP contribution in [0.15, 0.2) is 10.5 Å². The maximum absolute atomic E-state index is 12.4. The van der Waals surface area contributed by atoms with E-state index in [9.17, 15) is 4.79 Å². The molecule has 0 aliphatic carbocycles. The summed E-state index contributed by atoms with van der Waals surface area (Å²) in [7, 11) is 1.80. The molecule has 6 heteroatoms. The second kappa shape index (κ2) is 5.91. The summed E-state index contributed by atoms with van der Waals surface area (Å²) < 4.78 is 4.48. The molecule has 20 heavy (non-hydrogen) atoms. The summed E-state index contributed by atoms with van der Waals surface area (Å²) >= 11 is 3.57. The SMILES string of the molecule is CCc1nn(CC)c(CC(=O)c2cc(C)nn2C)c1Br. The molecule has 0 N–H and O–H groups in total. The standard InChI is InChI=1S/C14H19BrN4O/c1-5-10-14(15)12(19(6-2)17-10)8-13(20)11-7-9(3)16-18(11)4/h7H,5-6,8H2,1-4H3. The van der Waals surface area contributed by atoms with Crippen LogP contribution in [0, 0.1) is 6.92 Å². The lowest BCUT2D eigenvalue weighted by Gasteiger charge is -2.05. The van der Waals surface area contributed by atoms with Crippen LogP contribution in [-0.4, -0.2) is 25.3 Å². The normalized spacial score (nSPS) is 11.1. The van der Waals surface area contributed by atoms with Gasteiger partial charge in [-0.05, 0) is 42.3 Å². The highest BCUT2D eigenvalue weighted by Crippen LogP contribution is 2.23. The van der Waals surface area contributed by atoms with Crippen LogP contribution in [0.4, 0.5) is 0 Å². The van der Waals surface area contributed by atoms with E-state index in [4.69, 9.17) is 0 Å². The van der Waals surface area contributed by atoms with Crippen molar-refractivity contribution in [3.63, 3.8) is 0 Å². The number of aryl methyl sites for hydroxylation is 4. The predicted octanol–water partition coefficient (Wildman–Crippen LogP) is 2.70. The highest BCUT2D eigenvalue weighted by molar-refractivity contribution is 9.10. The van der Waals surface area contributed by atoms with Crippen molar-refractivity contribution in [3.05, 3.63) is 33.3 Å². The Morgan fingerprint density at radius 1 is 1.35 bits per heavy atom. The maximum Gasteiger partial charge on any atom is 0.186 e. The third kappa shape index (κ3) is 2.70. The number of carbonyl (C=O) groups is 1. The third-order valence-electron chi connectivity index (χ3n) is 3.31. The third-order valence-corrected chi connectivity index (χ3v) is 4.23. The number of nitrogens with zero attached hydrogens (tertiary/aromatic N) is 4. The molecule has 0 saturated carbocycles. The van der Waals surface area contributed by atoms with Gasteiger partial charge >= 0.3 is 0 Å². The van der Waals surface area contributed by atoms with E-state index in [1.807, 2.05) is 24.6 Å². The molecule has 0 aromatic carbocycles. The number of halogens is 1. The zero-order valence-electron chi connectivity index (χ0n) is 12.3. The van der Waals surface area contributed by atoms with E-state index in [0.717, 1.165) is 34.5 Å². The van der Waals surface area contributed by atoms with Gasteiger partial charge in [0, 0.05) is 13.6 Å². The summed E-state index contributed by atoms with van der Waals surface area (Å²) in [6.45, 7) is 6.73. The van der Waals surface area contributed by atoms with Crippen LogP contribution in [0.25, 0.3) is 0 Å². The van der Waals surface area contributed by atoms with E-state index in [1.54, 1.807) is 11.7 Å². The molecule has 0 amide bonds. The molecule has 0 unspecified atom stereocenters. The van der Waals surface area contributed by atoms with Gasteiger partial charge in [0.05, 0.1) is 28.0 Å². The molecule has 0 bridgehead atoms. The van der Waals surface area contributed by atoms with Crippen LogP contribution in [0.1, 0.15) is 41.4 Å². The molecule has 2 aromatic heterocycles. The molecule has 0 saturated heterocycles. The van der Waals surface area contributed by atoms with Crippen LogP contribution >= 0.6 is 15.9 Å². The zero-order chi connectivity index (χ0) is 14.9. The van der Waals surface area contributed by atoms with Crippen molar-refractivity contribution in [1.82, 2.24) is 19.6 Å². The van der Waals surface area contributed by atoms with Crippen molar-refractivity contribution in [3.8, 4) is 0 Å². The van der Waals surface area contributed by atoms with Gasteiger partial charge in [-0.2, -0.15) is 10.2 Å². The quantitative estimate of drug-likeness (QED) is 0.787. The van der Waals surface area contributed by atoms with E-state index in [2.05, 4.69) is 33.1 Å². The van der Waals surface area contributed by atoms with Gasteiger partial charge in [-0.15, -0.1) is 0 Å². The average Bonchev–Trinajstić information content (AvgIpc) is 2.90. The summed E-state index contributed by atoms with van der Waals surface area (Å²) in [5.41, 5.74) is 3.42. The molecule has 2 heterocycles. The Bertz CT molecular complexity index is 642. The van der Waals surface area contributed by atoms with E-state index >= 15 is 0 Å². The molecule has 2 aromatic rings. The number of ketones is 1. The Hall–Kier alpha value is -1.43. The van der Waals surface area contributed by atoms with Crippen molar-refractivity contribution in [2.24, 2.45) is 7.05 Å².